The van der Waals surface area contributed by atoms with Gasteiger partial charge in [0.2, 0.25) is 5.95 Å². The molecule has 6 heterocycles. The van der Waals surface area contributed by atoms with E-state index in [1.54, 1.807) is 0 Å². The summed E-state index contributed by atoms with van der Waals surface area (Å²) in [7, 11) is 0. The van der Waals surface area contributed by atoms with Gasteiger partial charge in [0, 0.05) is 78.6 Å². The van der Waals surface area contributed by atoms with Gasteiger partial charge in [0.05, 0.1) is 27.8 Å². The van der Waals surface area contributed by atoms with E-state index in [-0.39, 0.29) is 11.8 Å². The molecule has 0 fully saturated rings. The van der Waals surface area contributed by atoms with Gasteiger partial charge >= 0.3 is 0 Å². The second-order valence-corrected chi connectivity index (χ2v) is 24.3. The van der Waals surface area contributed by atoms with Crippen LogP contribution in [0.4, 0.5) is 0 Å². The molecule has 8 heteroatoms. The predicted molar refractivity (Wildman–Crippen MR) is 347 cm³/mol. The standard InChI is InChI=1S/C74H52N6S2/c1-43(2)66-69-53-26-15-17-29-60(53)80(71(69)67(44(3)4)68-52-25-14-16-28-59(52)79(70(66)68)65-30-18-27-58(75-65)47-23-12-7-13-24-47)74-77-72(50-33-37-63-56(41-50)54-39-48(31-35-61(54)81-63)45-19-8-5-9-20-45)76-73(78-74)51-34-38-64-57(42-51)55-40-49(32-36-62(55)82-64)46-21-10-6-11-22-46/h5-44H,1-4H3. The smallest absolute Gasteiger partial charge is 0.238 e. The van der Waals surface area contributed by atoms with E-state index in [0.717, 1.165) is 50.1 Å². The number of rotatable bonds is 9. The number of hydrogen-bond donors (Lipinski definition) is 0. The minimum absolute atomic E-state index is 0.0861. The molecular weight excluding hydrogens is 1040 g/mol. The fourth-order valence-electron chi connectivity index (χ4n) is 12.8. The molecular formula is C74H52N6S2. The molecule has 0 N–H and O–H groups in total. The monoisotopic (exact) mass is 1090 g/mol. The number of pyridine rings is 1. The summed E-state index contributed by atoms with van der Waals surface area (Å²) < 4.78 is 9.74. The fourth-order valence-corrected chi connectivity index (χ4v) is 15.0. The lowest BCUT2D eigenvalue weighted by Gasteiger charge is -2.20. The average Bonchev–Trinajstić information content (AvgIpc) is 2.54. The normalized spacial score (nSPS) is 12.1. The Morgan fingerprint density at radius 3 is 1.20 bits per heavy atom. The van der Waals surface area contributed by atoms with Crippen LogP contribution in [0.25, 0.3) is 152 Å². The molecule has 0 saturated carbocycles. The van der Waals surface area contributed by atoms with Crippen molar-refractivity contribution in [1.82, 2.24) is 29.1 Å². The number of para-hydroxylation sites is 2. The molecule has 0 aliphatic carbocycles. The van der Waals surface area contributed by atoms with Crippen molar-refractivity contribution in [3.05, 3.63) is 242 Å². The highest BCUT2D eigenvalue weighted by molar-refractivity contribution is 7.26. The summed E-state index contributed by atoms with van der Waals surface area (Å²) in [6.45, 7) is 9.35. The number of fused-ring (bicyclic) bond motifs is 12. The molecule has 0 aliphatic heterocycles. The van der Waals surface area contributed by atoms with Crippen LogP contribution >= 0.6 is 22.7 Å². The first-order chi connectivity index (χ1) is 40.3. The Morgan fingerprint density at radius 1 is 0.317 bits per heavy atom. The molecule has 0 spiro atoms. The molecule has 6 nitrogen and oxygen atoms in total. The molecule has 0 saturated heterocycles. The SMILES string of the molecule is CC(C)c1c2c3ccccc3n(-c3nc(-c4ccc5sc6ccc(-c7ccccc7)cc6c5c4)nc(-c4ccc5sc6ccc(-c7ccccc7)cc6c5c4)n3)c2c(C(C)C)c2c3ccccc3n(-c3cccc(-c4ccccc4)n3)c12. The number of hydrogen-bond acceptors (Lipinski definition) is 6. The highest BCUT2D eigenvalue weighted by Crippen LogP contribution is 2.50. The molecule has 0 unspecified atom stereocenters. The van der Waals surface area contributed by atoms with Crippen LogP contribution in [0.2, 0.25) is 0 Å². The van der Waals surface area contributed by atoms with Gasteiger partial charge < -0.3 is 0 Å². The average molecular weight is 1090 g/mol. The van der Waals surface area contributed by atoms with Crippen molar-refractivity contribution in [2.75, 3.05) is 0 Å². The minimum Gasteiger partial charge on any atom is -0.293 e. The lowest BCUT2D eigenvalue weighted by atomic mass is 9.87. The number of thiophene rings is 2. The van der Waals surface area contributed by atoms with Crippen LogP contribution in [0, 0.1) is 0 Å². The number of nitrogens with zero attached hydrogens (tertiary/aromatic N) is 6. The molecule has 6 aromatic heterocycles. The van der Waals surface area contributed by atoms with Crippen LogP contribution in [0.3, 0.4) is 0 Å². The van der Waals surface area contributed by atoms with E-state index < -0.39 is 0 Å². The maximum Gasteiger partial charge on any atom is 0.238 e. The van der Waals surface area contributed by atoms with E-state index >= 15 is 0 Å². The van der Waals surface area contributed by atoms with E-state index in [1.165, 1.54) is 95.4 Å². The van der Waals surface area contributed by atoms with Crippen molar-refractivity contribution in [3.63, 3.8) is 0 Å². The summed E-state index contributed by atoms with van der Waals surface area (Å²) in [5, 5.41) is 9.57. The van der Waals surface area contributed by atoms with Gasteiger partial charge in [-0.2, -0.15) is 9.97 Å². The molecule has 0 aliphatic rings. The van der Waals surface area contributed by atoms with E-state index in [1.807, 2.05) is 22.7 Å². The van der Waals surface area contributed by atoms with Gasteiger partial charge in [0.15, 0.2) is 11.6 Å². The third-order valence-electron chi connectivity index (χ3n) is 16.5. The molecule has 82 heavy (non-hydrogen) atoms. The predicted octanol–water partition coefficient (Wildman–Crippen LogP) is 20.8. The van der Waals surface area contributed by atoms with Crippen molar-refractivity contribution < 1.29 is 0 Å². The second kappa shape index (κ2) is 19.0. The van der Waals surface area contributed by atoms with E-state index in [9.17, 15) is 0 Å². The number of benzene rings is 10. The summed E-state index contributed by atoms with van der Waals surface area (Å²) >= 11 is 3.65. The van der Waals surface area contributed by atoms with Crippen LogP contribution in [0.1, 0.15) is 50.7 Å². The first-order valence-electron chi connectivity index (χ1n) is 28.2. The van der Waals surface area contributed by atoms with Gasteiger partial charge in [-0.3, -0.25) is 9.13 Å². The lowest BCUT2D eigenvalue weighted by Crippen LogP contribution is -2.09. The third-order valence-corrected chi connectivity index (χ3v) is 18.8. The van der Waals surface area contributed by atoms with Crippen LogP contribution < -0.4 is 0 Å². The minimum atomic E-state index is 0.0861. The molecule has 390 valence electrons. The Morgan fingerprint density at radius 2 is 0.720 bits per heavy atom. The van der Waals surface area contributed by atoms with Crippen molar-refractivity contribution in [2.45, 2.75) is 39.5 Å². The summed E-state index contributed by atoms with van der Waals surface area (Å²) in [6, 6.07) is 83.1. The van der Waals surface area contributed by atoms with Crippen molar-refractivity contribution in [3.8, 4) is 68.1 Å². The summed E-state index contributed by atoms with van der Waals surface area (Å²) in [6.07, 6.45) is 0. The van der Waals surface area contributed by atoms with Gasteiger partial charge in [0.25, 0.3) is 0 Å². The maximum absolute atomic E-state index is 5.70. The quantitative estimate of drug-likeness (QED) is 0.144. The van der Waals surface area contributed by atoms with E-state index in [4.69, 9.17) is 19.9 Å². The zero-order valence-electron chi connectivity index (χ0n) is 45.6. The Kier molecular flexibility index (Phi) is 11.2. The van der Waals surface area contributed by atoms with Gasteiger partial charge in [-0.05, 0) is 130 Å². The lowest BCUT2D eigenvalue weighted by molar-refractivity contribution is 0.860. The van der Waals surface area contributed by atoms with Gasteiger partial charge in [0.1, 0.15) is 5.82 Å². The van der Waals surface area contributed by atoms with Crippen LogP contribution in [-0.4, -0.2) is 29.1 Å². The highest BCUT2D eigenvalue weighted by Gasteiger charge is 2.31. The van der Waals surface area contributed by atoms with Crippen molar-refractivity contribution in [2.24, 2.45) is 0 Å². The van der Waals surface area contributed by atoms with Crippen molar-refractivity contribution >= 4 is 107 Å². The summed E-state index contributed by atoms with van der Waals surface area (Å²) in [5.74, 6) is 2.89. The molecule has 0 atom stereocenters. The van der Waals surface area contributed by atoms with E-state index in [0.29, 0.717) is 17.6 Å². The Labute approximate surface area is 481 Å². The van der Waals surface area contributed by atoms with Crippen LogP contribution in [0.15, 0.2) is 231 Å². The van der Waals surface area contributed by atoms with Crippen LogP contribution in [0.5, 0.6) is 0 Å². The highest BCUT2D eigenvalue weighted by atomic mass is 32.1. The summed E-state index contributed by atoms with van der Waals surface area (Å²) in [4.78, 5) is 22.4. The second-order valence-electron chi connectivity index (χ2n) is 22.1. The Hall–Kier alpha value is -9.60. The molecule has 0 amide bonds. The van der Waals surface area contributed by atoms with Gasteiger partial charge in [-0.1, -0.05) is 173 Å². The zero-order chi connectivity index (χ0) is 54.7. The molecule has 0 bridgehead atoms. The van der Waals surface area contributed by atoms with Crippen molar-refractivity contribution in [1.29, 1.82) is 0 Å². The largest absolute Gasteiger partial charge is 0.293 e. The van der Waals surface area contributed by atoms with Gasteiger partial charge in [-0.15, -0.1) is 22.7 Å². The Bertz CT molecular complexity index is 5050. The fraction of sp³-hybridized carbons (Fsp3) is 0.0811. The summed E-state index contributed by atoms with van der Waals surface area (Å²) in [5.41, 5.74) is 15.6. The molecule has 0 radical (unpaired) electrons. The first-order valence-corrected chi connectivity index (χ1v) is 29.8. The molecule has 16 rings (SSSR count). The Balaban J connectivity index is 0.991. The molecule has 16 aromatic rings. The first kappa shape index (κ1) is 48.3. The van der Waals surface area contributed by atoms with Crippen LogP contribution in [-0.2, 0) is 0 Å². The number of aromatic nitrogens is 6. The topological polar surface area (TPSA) is 61.4 Å². The van der Waals surface area contributed by atoms with E-state index in [2.05, 4.69) is 267 Å². The van der Waals surface area contributed by atoms with Gasteiger partial charge in [-0.25, -0.2) is 9.97 Å². The zero-order valence-corrected chi connectivity index (χ0v) is 47.2. The maximum atomic E-state index is 5.70. The third kappa shape index (κ3) is 7.66. The molecule has 10 aromatic carbocycles.